The molecule has 0 bridgehead atoms. The van der Waals surface area contributed by atoms with Crippen LogP contribution in [0.1, 0.15) is 22.5 Å². The molecule has 0 spiro atoms. The van der Waals surface area contributed by atoms with E-state index in [0.29, 0.717) is 5.17 Å². The number of rotatable bonds is 2. The molecule has 1 aromatic heterocycles. The molecule has 2 aliphatic rings. The van der Waals surface area contributed by atoms with Gasteiger partial charge in [-0.25, -0.2) is 0 Å². The number of carbonyl (C=O) groups is 1. The van der Waals surface area contributed by atoms with Crippen molar-refractivity contribution in [3.63, 3.8) is 0 Å². The molecule has 6 nitrogen and oxygen atoms in total. The quantitative estimate of drug-likeness (QED) is 0.828. The number of aryl methyl sites for hydroxylation is 2. The Bertz CT molecular complexity index is 1040. The van der Waals surface area contributed by atoms with Gasteiger partial charge in [0.15, 0.2) is 11.0 Å². The lowest BCUT2D eigenvalue weighted by Gasteiger charge is -2.20. The van der Waals surface area contributed by atoms with Crippen molar-refractivity contribution in [3.8, 4) is 5.69 Å². The number of hydrazone groups is 1. The number of fused-ring (bicyclic) bond motifs is 1. The smallest absolute Gasteiger partial charge is 0.283 e. The Labute approximate surface area is 155 Å². The summed E-state index contributed by atoms with van der Waals surface area (Å²) in [6.45, 7) is 6.13. The second-order valence-corrected chi connectivity index (χ2v) is 7.02. The second-order valence-electron chi connectivity index (χ2n) is 6.21. The number of amides is 1. The van der Waals surface area contributed by atoms with E-state index < -0.39 is 5.91 Å². The van der Waals surface area contributed by atoms with Crippen LogP contribution >= 0.6 is 11.8 Å². The van der Waals surface area contributed by atoms with Crippen LogP contribution in [0.5, 0.6) is 0 Å². The zero-order chi connectivity index (χ0) is 18.4. The van der Waals surface area contributed by atoms with E-state index in [4.69, 9.17) is 5.41 Å². The predicted molar refractivity (Wildman–Crippen MR) is 106 cm³/mol. The molecular weight excluding hydrogens is 346 g/mol. The molecule has 0 saturated heterocycles. The van der Waals surface area contributed by atoms with Gasteiger partial charge < -0.3 is 4.57 Å². The van der Waals surface area contributed by atoms with E-state index >= 15 is 0 Å². The third-order valence-corrected chi connectivity index (χ3v) is 5.20. The molecule has 7 heteroatoms. The minimum Gasteiger partial charge on any atom is -0.318 e. The monoisotopic (exact) mass is 363 g/mol. The molecule has 1 aromatic carbocycles. The van der Waals surface area contributed by atoms with E-state index in [9.17, 15) is 4.79 Å². The fraction of sp³-hybridized carbons (Fsp3) is 0.158. The number of nitrogens with zero attached hydrogens (tertiary/aromatic N) is 4. The Morgan fingerprint density at radius 2 is 1.96 bits per heavy atom. The highest BCUT2D eigenvalue weighted by Crippen LogP contribution is 2.28. The van der Waals surface area contributed by atoms with Crippen molar-refractivity contribution in [1.29, 1.82) is 5.41 Å². The first-order valence-corrected chi connectivity index (χ1v) is 9.03. The van der Waals surface area contributed by atoms with Crippen molar-refractivity contribution < 1.29 is 4.79 Å². The number of carbonyl (C=O) groups excluding carboxylic acids is 1. The zero-order valence-electron chi connectivity index (χ0n) is 14.6. The minimum absolute atomic E-state index is 0.0574. The van der Waals surface area contributed by atoms with Gasteiger partial charge in [-0.1, -0.05) is 18.2 Å². The Kier molecular flexibility index (Phi) is 3.88. The van der Waals surface area contributed by atoms with Crippen molar-refractivity contribution in [2.45, 2.75) is 20.8 Å². The molecule has 2 aliphatic heterocycles. The number of hydrogen-bond donors (Lipinski definition) is 1. The van der Waals surface area contributed by atoms with E-state index in [1.165, 1.54) is 22.3 Å². The van der Waals surface area contributed by atoms with E-state index in [1.807, 2.05) is 32.0 Å². The number of aromatic nitrogens is 1. The lowest BCUT2D eigenvalue weighted by atomic mass is 10.1. The van der Waals surface area contributed by atoms with Gasteiger partial charge in [0.25, 0.3) is 5.91 Å². The number of para-hydroxylation sites is 1. The van der Waals surface area contributed by atoms with Crippen LogP contribution in [0.15, 0.2) is 46.0 Å². The largest absolute Gasteiger partial charge is 0.318 e. The van der Waals surface area contributed by atoms with Crippen molar-refractivity contribution in [3.05, 3.63) is 58.4 Å². The molecule has 0 saturated carbocycles. The highest BCUT2D eigenvalue weighted by atomic mass is 32.2. The van der Waals surface area contributed by atoms with Gasteiger partial charge in [0.1, 0.15) is 0 Å². The topological polar surface area (TPSA) is 73.8 Å². The maximum Gasteiger partial charge on any atom is 0.283 e. The van der Waals surface area contributed by atoms with Crippen LogP contribution in [0.2, 0.25) is 0 Å². The summed E-state index contributed by atoms with van der Waals surface area (Å²) in [5, 5.41) is 14.2. The van der Waals surface area contributed by atoms with Gasteiger partial charge in [-0.2, -0.15) is 15.1 Å². The lowest BCUT2D eigenvalue weighted by molar-refractivity contribution is -0.114. The molecule has 0 unspecified atom stereocenters. The lowest BCUT2D eigenvalue weighted by Crippen LogP contribution is -2.35. The molecule has 1 N–H and O–H groups in total. The number of benzene rings is 1. The average Bonchev–Trinajstić information content (AvgIpc) is 3.17. The third-order valence-electron chi connectivity index (χ3n) is 4.52. The summed E-state index contributed by atoms with van der Waals surface area (Å²) in [6, 6.07) is 10.2. The molecule has 0 fully saturated rings. The molecule has 3 heterocycles. The number of amidine groups is 2. The van der Waals surface area contributed by atoms with E-state index in [2.05, 4.69) is 33.7 Å². The Hall–Kier alpha value is -2.93. The van der Waals surface area contributed by atoms with Crippen LogP contribution in [0.4, 0.5) is 0 Å². The van der Waals surface area contributed by atoms with Gasteiger partial charge >= 0.3 is 0 Å². The normalized spacial score (nSPS) is 17.9. The summed E-state index contributed by atoms with van der Waals surface area (Å²) >= 11 is 1.24. The van der Waals surface area contributed by atoms with Crippen molar-refractivity contribution in [1.82, 2.24) is 9.58 Å². The van der Waals surface area contributed by atoms with Gasteiger partial charge in [0.2, 0.25) is 0 Å². The average molecular weight is 363 g/mol. The first-order valence-electron chi connectivity index (χ1n) is 8.15. The fourth-order valence-corrected chi connectivity index (χ4v) is 3.82. The number of aliphatic imine (C=N–C) groups is 1. The van der Waals surface area contributed by atoms with Crippen LogP contribution < -0.4 is 0 Å². The molecule has 1 amide bonds. The number of hydrogen-bond acceptors (Lipinski definition) is 4. The van der Waals surface area contributed by atoms with Gasteiger partial charge in [-0.05, 0) is 61.9 Å². The van der Waals surface area contributed by atoms with Gasteiger partial charge in [-0.15, -0.1) is 0 Å². The summed E-state index contributed by atoms with van der Waals surface area (Å²) < 4.78 is 2.16. The Balaban J connectivity index is 1.81. The highest BCUT2D eigenvalue weighted by molar-refractivity contribution is 8.25. The van der Waals surface area contributed by atoms with Gasteiger partial charge in [-0.3, -0.25) is 10.2 Å². The second kappa shape index (κ2) is 6.10. The highest BCUT2D eigenvalue weighted by Gasteiger charge is 2.32. The van der Waals surface area contributed by atoms with Gasteiger partial charge in [0, 0.05) is 17.1 Å². The molecular formula is C19H17N5OS. The van der Waals surface area contributed by atoms with E-state index in [-0.39, 0.29) is 11.4 Å². The maximum atomic E-state index is 12.4. The molecule has 2 aromatic rings. The van der Waals surface area contributed by atoms with E-state index in [1.54, 1.807) is 11.6 Å². The predicted octanol–water partition coefficient (Wildman–Crippen LogP) is 3.65. The summed E-state index contributed by atoms with van der Waals surface area (Å²) in [5.41, 5.74) is 7.09. The molecule has 0 atom stereocenters. The summed E-state index contributed by atoms with van der Waals surface area (Å²) in [4.78, 5) is 16.4. The SMILES string of the molecule is Cc1ccccc1-n1c(C)cc(C=C2C(=N)N3N=CSC3=NC2=O)c1C. The Morgan fingerprint density at radius 3 is 2.73 bits per heavy atom. The minimum atomic E-state index is -0.403. The van der Waals surface area contributed by atoms with Crippen LogP contribution in [0.3, 0.4) is 0 Å². The van der Waals surface area contributed by atoms with Crippen molar-refractivity contribution >= 4 is 40.3 Å². The maximum absolute atomic E-state index is 12.4. The van der Waals surface area contributed by atoms with Crippen LogP contribution in [0.25, 0.3) is 11.8 Å². The van der Waals surface area contributed by atoms with Crippen LogP contribution in [-0.2, 0) is 4.79 Å². The van der Waals surface area contributed by atoms with Gasteiger partial charge in [0.05, 0.1) is 11.1 Å². The summed E-state index contributed by atoms with van der Waals surface area (Å²) in [5.74, 6) is -0.345. The number of thioether (sulfide) groups is 1. The van der Waals surface area contributed by atoms with Crippen molar-refractivity contribution in [2.75, 3.05) is 0 Å². The number of nitrogens with one attached hydrogen (secondary N) is 1. The summed E-state index contributed by atoms with van der Waals surface area (Å²) in [7, 11) is 0. The Morgan fingerprint density at radius 1 is 1.19 bits per heavy atom. The molecule has 0 radical (unpaired) electrons. The standard InChI is InChI=1S/C19H17N5OS/c1-11-6-4-5-7-16(11)23-12(2)8-14(13(23)3)9-15-17(20)24-19(22-18(15)25)26-10-21-24/h4-10,20H,1-3H3. The van der Waals surface area contributed by atoms with E-state index in [0.717, 1.165) is 22.6 Å². The fourth-order valence-electron chi connectivity index (χ4n) is 3.21. The molecule has 130 valence electrons. The zero-order valence-corrected chi connectivity index (χ0v) is 15.5. The first-order chi connectivity index (χ1) is 12.5. The third kappa shape index (κ3) is 2.52. The summed E-state index contributed by atoms with van der Waals surface area (Å²) in [6.07, 6.45) is 1.74. The first kappa shape index (κ1) is 16.5. The van der Waals surface area contributed by atoms with Crippen molar-refractivity contribution in [2.24, 2.45) is 10.1 Å². The van der Waals surface area contributed by atoms with Crippen LogP contribution in [-0.4, -0.2) is 32.0 Å². The molecule has 0 aliphatic carbocycles. The molecule has 4 rings (SSSR count). The molecule has 26 heavy (non-hydrogen) atoms. The van der Waals surface area contributed by atoms with Crippen LogP contribution in [0, 0.1) is 26.2 Å².